The number of benzene rings is 1. The number of aryl methyl sites for hydroxylation is 1. The first-order valence-corrected chi connectivity index (χ1v) is 13.2. The smallest absolute Gasteiger partial charge is 0.236 e. The number of thiazole rings is 1. The van der Waals surface area contributed by atoms with Gasteiger partial charge in [-0.3, -0.25) is 19.4 Å². The zero-order valence-corrected chi connectivity index (χ0v) is 21.4. The van der Waals surface area contributed by atoms with E-state index in [2.05, 4.69) is 44.2 Å². The average molecular weight is 484 g/mol. The molecule has 0 spiro atoms. The molecule has 34 heavy (non-hydrogen) atoms. The number of hydrogen-bond acceptors (Lipinski definition) is 6. The van der Waals surface area contributed by atoms with Crippen molar-refractivity contribution in [1.29, 1.82) is 0 Å². The van der Waals surface area contributed by atoms with Crippen LogP contribution in [0.4, 0.5) is 5.69 Å². The topological polar surface area (TPSA) is 68.8 Å². The lowest BCUT2D eigenvalue weighted by Gasteiger charge is -2.38. The van der Waals surface area contributed by atoms with Gasteiger partial charge in [0, 0.05) is 56.9 Å². The number of rotatable bonds is 7. The van der Waals surface area contributed by atoms with Gasteiger partial charge in [-0.2, -0.15) is 0 Å². The summed E-state index contributed by atoms with van der Waals surface area (Å²) in [6.45, 7) is 13.3. The van der Waals surface area contributed by atoms with Crippen molar-refractivity contribution in [1.82, 2.24) is 19.7 Å². The monoisotopic (exact) mass is 483 g/mol. The van der Waals surface area contributed by atoms with Crippen LogP contribution in [0.5, 0.6) is 0 Å². The minimum absolute atomic E-state index is 0.0412. The van der Waals surface area contributed by atoms with E-state index in [0.717, 1.165) is 62.2 Å². The van der Waals surface area contributed by atoms with Crippen LogP contribution in [0, 0.1) is 18.8 Å². The summed E-state index contributed by atoms with van der Waals surface area (Å²) >= 11 is 1.55. The highest BCUT2D eigenvalue weighted by Gasteiger charge is 2.27. The lowest BCUT2D eigenvalue weighted by atomic mass is 9.92. The number of nitrogens with zero attached hydrogens (tertiary/aromatic N) is 4. The Hall–Kier alpha value is -2.29. The summed E-state index contributed by atoms with van der Waals surface area (Å²) in [7, 11) is 0. The normalized spacial score (nSPS) is 22.0. The molecule has 2 aliphatic rings. The highest BCUT2D eigenvalue weighted by atomic mass is 32.1. The number of piperazine rings is 1. The first-order valence-electron chi connectivity index (χ1n) is 12.4. The van der Waals surface area contributed by atoms with E-state index in [1.54, 1.807) is 11.3 Å². The summed E-state index contributed by atoms with van der Waals surface area (Å²) < 4.78 is 0. The second-order valence-electron chi connectivity index (χ2n) is 10.1. The van der Waals surface area contributed by atoms with Gasteiger partial charge in [-0.25, -0.2) is 4.98 Å². The second-order valence-corrected chi connectivity index (χ2v) is 11.1. The van der Waals surface area contributed by atoms with E-state index in [4.69, 9.17) is 0 Å². The van der Waals surface area contributed by atoms with Crippen molar-refractivity contribution < 1.29 is 9.59 Å². The molecule has 2 fully saturated rings. The molecule has 0 saturated carbocycles. The number of nitrogens with one attached hydrogen (secondary N) is 1. The standard InChI is InChI=1S/C26H37N5O2S/c1-19-4-6-22(7-5-19)27-24(32)13-25-28-23(18-34-25)16-29-8-10-30(11-9-29)17-26(33)31-14-20(2)12-21(3)15-31/h4-7,18,20-21H,8-17H2,1-3H3,(H,27,32)/t20-,21+. The number of hydrogen-bond donors (Lipinski definition) is 1. The first-order chi connectivity index (χ1) is 16.3. The molecular formula is C26H37N5O2S. The van der Waals surface area contributed by atoms with Crippen LogP contribution in [0.1, 0.15) is 36.5 Å². The molecule has 4 rings (SSSR count). The van der Waals surface area contributed by atoms with E-state index in [1.807, 2.05) is 31.2 Å². The van der Waals surface area contributed by atoms with Crippen molar-refractivity contribution in [3.05, 3.63) is 45.9 Å². The molecule has 0 bridgehead atoms. The molecule has 0 radical (unpaired) electrons. The summed E-state index contributed by atoms with van der Waals surface area (Å²) in [5.74, 6) is 1.43. The quantitative estimate of drug-likeness (QED) is 0.655. The molecule has 7 nitrogen and oxygen atoms in total. The van der Waals surface area contributed by atoms with Crippen LogP contribution in [-0.4, -0.2) is 77.3 Å². The number of amides is 2. The maximum absolute atomic E-state index is 12.8. The van der Waals surface area contributed by atoms with Crippen LogP contribution in [0.25, 0.3) is 0 Å². The minimum atomic E-state index is -0.0412. The third kappa shape index (κ3) is 7.10. The number of aromatic nitrogens is 1. The predicted molar refractivity (Wildman–Crippen MR) is 137 cm³/mol. The SMILES string of the molecule is Cc1ccc(NC(=O)Cc2nc(CN3CCN(CC(=O)N4C[C@H](C)C[C@H](C)C4)CC3)cs2)cc1. The van der Waals surface area contributed by atoms with E-state index in [0.29, 0.717) is 24.8 Å². The van der Waals surface area contributed by atoms with Crippen LogP contribution >= 0.6 is 11.3 Å². The molecule has 1 N–H and O–H groups in total. The molecule has 8 heteroatoms. The molecule has 3 heterocycles. The van der Waals surface area contributed by atoms with E-state index >= 15 is 0 Å². The largest absolute Gasteiger partial charge is 0.341 e. The molecule has 0 aliphatic carbocycles. The van der Waals surface area contributed by atoms with Gasteiger partial charge in [0.1, 0.15) is 5.01 Å². The van der Waals surface area contributed by atoms with Gasteiger partial charge in [-0.1, -0.05) is 31.5 Å². The number of piperidine rings is 1. The number of anilines is 1. The number of likely N-dealkylation sites (tertiary alicyclic amines) is 1. The van der Waals surface area contributed by atoms with Crippen molar-refractivity contribution in [2.45, 2.75) is 40.2 Å². The summed E-state index contributed by atoms with van der Waals surface area (Å²) in [5, 5.41) is 5.84. The lowest BCUT2D eigenvalue weighted by Crippen LogP contribution is -2.51. The third-order valence-electron chi connectivity index (χ3n) is 6.68. The fraction of sp³-hybridized carbons (Fsp3) is 0.577. The van der Waals surface area contributed by atoms with Gasteiger partial charge in [0.2, 0.25) is 11.8 Å². The number of carbonyl (C=O) groups excluding carboxylic acids is 2. The maximum Gasteiger partial charge on any atom is 0.236 e. The van der Waals surface area contributed by atoms with Crippen LogP contribution in [0.15, 0.2) is 29.6 Å². The van der Waals surface area contributed by atoms with Gasteiger partial charge >= 0.3 is 0 Å². The Morgan fingerprint density at radius 1 is 1.03 bits per heavy atom. The van der Waals surface area contributed by atoms with Gasteiger partial charge in [-0.15, -0.1) is 11.3 Å². The zero-order valence-electron chi connectivity index (χ0n) is 20.6. The highest BCUT2D eigenvalue weighted by molar-refractivity contribution is 7.09. The van der Waals surface area contributed by atoms with E-state index < -0.39 is 0 Å². The van der Waals surface area contributed by atoms with E-state index in [9.17, 15) is 9.59 Å². The van der Waals surface area contributed by atoms with Crippen LogP contribution in [0.3, 0.4) is 0 Å². The molecule has 1 aromatic heterocycles. The Morgan fingerprint density at radius 3 is 2.35 bits per heavy atom. The highest BCUT2D eigenvalue weighted by Crippen LogP contribution is 2.21. The van der Waals surface area contributed by atoms with Gasteiger partial charge in [0.15, 0.2) is 0 Å². The summed E-state index contributed by atoms with van der Waals surface area (Å²) in [4.78, 5) is 36.5. The molecule has 1 aromatic carbocycles. The van der Waals surface area contributed by atoms with Crippen LogP contribution < -0.4 is 5.32 Å². The fourth-order valence-electron chi connectivity index (χ4n) is 4.97. The van der Waals surface area contributed by atoms with Crippen LogP contribution in [0.2, 0.25) is 0 Å². The van der Waals surface area contributed by atoms with E-state index in [-0.39, 0.29) is 11.8 Å². The Kier molecular flexibility index (Phi) is 8.34. The zero-order chi connectivity index (χ0) is 24.1. The molecular weight excluding hydrogens is 446 g/mol. The molecule has 2 saturated heterocycles. The molecule has 184 valence electrons. The second kappa shape index (κ2) is 11.4. The van der Waals surface area contributed by atoms with Crippen molar-refractivity contribution in [3.63, 3.8) is 0 Å². The lowest BCUT2D eigenvalue weighted by molar-refractivity contribution is -0.135. The molecule has 0 unspecified atom stereocenters. The van der Waals surface area contributed by atoms with Crippen molar-refractivity contribution >= 4 is 28.8 Å². The molecule has 2 aromatic rings. The fourth-order valence-corrected chi connectivity index (χ4v) is 5.76. The first kappa shape index (κ1) is 24.8. The average Bonchev–Trinajstić information content (AvgIpc) is 3.22. The molecule has 2 atom stereocenters. The maximum atomic E-state index is 12.8. The van der Waals surface area contributed by atoms with Gasteiger partial charge < -0.3 is 10.2 Å². The minimum Gasteiger partial charge on any atom is -0.341 e. The summed E-state index contributed by atoms with van der Waals surface area (Å²) in [5.41, 5.74) is 3.00. The Bertz CT molecular complexity index is 958. The van der Waals surface area contributed by atoms with Crippen molar-refractivity contribution in [3.8, 4) is 0 Å². The van der Waals surface area contributed by atoms with Crippen molar-refractivity contribution in [2.75, 3.05) is 51.1 Å². The third-order valence-corrected chi connectivity index (χ3v) is 7.57. The van der Waals surface area contributed by atoms with Gasteiger partial charge in [-0.05, 0) is 37.3 Å². The van der Waals surface area contributed by atoms with Crippen LogP contribution in [-0.2, 0) is 22.6 Å². The molecule has 2 aliphatic heterocycles. The van der Waals surface area contributed by atoms with Crippen molar-refractivity contribution in [2.24, 2.45) is 11.8 Å². The summed E-state index contributed by atoms with van der Waals surface area (Å²) in [6.07, 6.45) is 1.51. The number of carbonyl (C=O) groups is 2. The Morgan fingerprint density at radius 2 is 1.68 bits per heavy atom. The Labute approximate surface area is 207 Å². The summed E-state index contributed by atoms with van der Waals surface area (Å²) in [6, 6.07) is 7.81. The predicted octanol–water partition coefficient (Wildman–Crippen LogP) is 3.25. The Balaban J connectivity index is 1.18. The van der Waals surface area contributed by atoms with E-state index in [1.165, 1.54) is 12.0 Å². The molecule has 2 amide bonds. The van der Waals surface area contributed by atoms with Gasteiger partial charge in [0.05, 0.1) is 18.7 Å². The van der Waals surface area contributed by atoms with Gasteiger partial charge in [0.25, 0.3) is 0 Å².